The van der Waals surface area contributed by atoms with E-state index in [1.54, 1.807) is 0 Å². The average Bonchev–Trinajstić information content (AvgIpc) is 2.46. The van der Waals surface area contributed by atoms with Crippen LogP contribution in [-0.2, 0) is 14.6 Å². The normalized spacial score (nSPS) is 11.3. The van der Waals surface area contributed by atoms with E-state index in [0.29, 0.717) is 12.1 Å². The summed E-state index contributed by atoms with van der Waals surface area (Å²) in [6.07, 6.45) is 0.775. The van der Waals surface area contributed by atoms with Crippen molar-refractivity contribution in [3.05, 3.63) is 47.4 Å². The van der Waals surface area contributed by atoms with Crippen molar-refractivity contribution in [2.45, 2.75) is 4.90 Å². The lowest BCUT2D eigenvalue weighted by molar-refractivity contribution is 0.0594. The van der Waals surface area contributed by atoms with Gasteiger partial charge >= 0.3 is 5.97 Å². The molecule has 1 aromatic carbocycles. The fraction of sp³-hybridized carbons (Fsp3) is 0.143. The topological polar surface area (TPSA) is 73.3 Å². The maximum Gasteiger partial charge on any atom is 0.356 e. The Kier molecular flexibility index (Phi) is 4.42. The summed E-state index contributed by atoms with van der Waals surface area (Å²) < 4.78 is 69.1. The van der Waals surface area contributed by atoms with Crippen LogP contribution in [-0.4, -0.2) is 32.7 Å². The second-order valence-electron chi connectivity index (χ2n) is 4.55. The van der Waals surface area contributed by atoms with E-state index >= 15 is 0 Å². The number of sulfone groups is 1. The molecule has 0 unspecified atom stereocenters. The van der Waals surface area contributed by atoms with Gasteiger partial charge < -0.3 is 4.74 Å². The SMILES string of the molecule is COC(=O)c1ccc(F)c(-c2c(F)cc(S(C)(=O)=O)cc2F)n1. The molecule has 5 nitrogen and oxygen atoms in total. The Morgan fingerprint density at radius 2 is 1.65 bits per heavy atom. The molecule has 1 heterocycles. The Morgan fingerprint density at radius 1 is 1.09 bits per heavy atom. The molecule has 0 saturated carbocycles. The smallest absolute Gasteiger partial charge is 0.356 e. The molecule has 0 aliphatic heterocycles. The lowest BCUT2D eigenvalue weighted by atomic mass is 10.1. The van der Waals surface area contributed by atoms with Crippen LogP contribution in [0.3, 0.4) is 0 Å². The molecule has 0 amide bonds. The van der Waals surface area contributed by atoms with E-state index in [2.05, 4.69) is 9.72 Å². The van der Waals surface area contributed by atoms with Crippen LogP contribution in [0.5, 0.6) is 0 Å². The Bertz CT molecular complexity index is 874. The van der Waals surface area contributed by atoms with Crippen LogP contribution in [0.2, 0.25) is 0 Å². The number of ether oxygens (including phenoxy) is 1. The molecule has 9 heteroatoms. The summed E-state index contributed by atoms with van der Waals surface area (Å²) in [5.74, 6) is -4.64. The number of hydrogen-bond donors (Lipinski definition) is 0. The first kappa shape index (κ1) is 16.9. The van der Waals surface area contributed by atoms with Crippen LogP contribution in [0.15, 0.2) is 29.2 Å². The predicted octanol–water partition coefficient (Wildman–Crippen LogP) is 2.36. The number of halogens is 3. The number of carbonyl (C=O) groups is 1. The minimum Gasteiger partial charge on any atom is -0.464 e. The zero-order valence-electron chi connectivity index (χ0n) is 11.9. The molecule has 0 fully saturated rings. The van der Waals surface area contributed by atoms with Gasteiger partial charge in [0.25, 0.3) is 0 Å². The fourth-order valence-corrected chi connectivity index (χ4v) is 2.46. The van der Waals surface area contributed by atoms with Crippen LogP contribution in [0.1, 0.15) is 10.5 Å². The molecule has 0 aliphatic rings. The lowest BCUT2D eigenvalue weighted by Gasteiger charge is -2.09. The third-order valence-corrected chi connectivity index (χ3v) is 4.01. The summed E-state index contributed by atoms with van der Waals surface area (Å²) in [6, 6.07) is 2.91. The first-order chi connectivity index (χ1) is 10.6. The minimum absolute atomic E-state index is 0.352. The van der Waals surface area contributed by atoms with Gasteiger partial charge in [-0.3, -0.25) is 0 Å². The van der Waals surface area contributed by atoms with Gasteiger partial charge in [0.15, 0.2) is 9.84 Å². The first-order valence-electron chi connectivity index (χ1n) is 6.09. The van der Waals surface area contributed by atoms with Crippen LogP contribution < -0.4 is 0 Å². The number of methoxy groups -OCH3 is 1. The van der Waals surface area contributed by atoms with E-state index in [-0.39, 0.29) is 5.69 Å². The highest BCUT2D eigenvalue weighted by Crippen LogP contribution is 2.29. The maximum absolute atomic E-state index is 14.1. The number of rotatable bonds is 3. The molecular formula is C14H10F3NO4S. The molecule has 0 saturated heterocycles. The van der Waals surface area contributed by atoms with Gasteiger partial charge in [0.05, 0.1) is 17.6 Å². The molecule has 0 spiro atoms. The third kappa shape index (κ3) is 3.34. The number of benzene rings is 1. The first-order valence-corrected chi connectivity index (χ1v) is 7.98. The molecule has 2 rings (SSSR count). The van der Waals surface area contributed by atoms with Crippen molar-refractivity contribution in [1.29, 1.82) is 0 Å². The molecule has 2 aromatic rings. The second-order valence-corrected chi connectivity index (χ2v) is 6.57. The summed E-state index contributed by atoms with van der Waals surface area (Å²) in [4.78, 5) is 14.3. The standard InChI is InChI=1S/C14H10F3NO4S/c1-22-14(19)11-4-3-8(15)13(18-11)12-9(16)5-7(6-10(12)17)23(2,20)21/h3-6H,1-2H3. The largest absolute Gasteiger partial charge is 0.464 e. The highest BCUT2D eigenvalue weighted by Gasteiger charge is 2.22. The van der Waals surface area contributed by atoms with Crippen molar-refractivity contribution in [3.8, 4) is 11.3 Å². The van der Waals surface area contributed by atoms with E-state index in [4.69, 9.17) is 0 Å². The third-order valence-electron chi connectivity index (χ3n) is 2.92. The monoisotopic (exact) mass is 345 g/mol. The van der Waals surface area contributed by atoms with Crippen LogP contribution in [0.25, 0.3) is 11.3 Å². The summed E-state index contributed by atoms with van der Waals surface area (Å²) >= 11 is 0. The maximum atomic E-state index is 14.1. The average molecular weight is 345 g/mol. The van der Waals surface area contributed by atoms with Gasteiger partial charge in [-0.05, 0) is 24.3 Å². The molecule has 122 valence electrons. The number of pyridine rings is 1. The molecule has 0 aliphatic carbocycles. The van der Waals surface area contributed by atoms with Crippen LogP contribution in [0.4, 0.5) is 13.2 Å². The predicted molar refractivity (Wildman–Crippen MR) is 74.0 cm³/mol. The number of nitrogens with zero attached hydrogens (tertiary/aromatic N) is 1. The number of carbonyl (C=O) groups excluding carboxylic acids is 1. The van der Waals surface area contributed by atoms with E-state index in [1.807, 2.05) is 0 Å². The Morgan fingerprint density at radius 3 is 2.13 bits per heavy atom. The van der Waals surface area contributed by atoms with Crippen molar-refractivity contribution in [2.75, 3.05) is 13.4 Å². The second kappa shape index (κ2) is 5.99. The molecule has 0 bridgehead atoms. The van der Waals surface area contributed by atoms with Gasteiger partial charge in [0, 0.05) is 6.26 Å². The Labute approximate surface area is 129 Å². The molecule has 0 atom stereocenters. The van der Waals surface area contributed by atoms with Gasteiger partial charge in [0.2, 0.25) is 0 Å². The lowest BCUT2D eigenvalue weighted by Crippen LogP contribution is -2.08. The van der Waals surface area contributed by atoms with E-state index < -0.39 is 49.4 Å². The van der Waals surface area contributed by atoms with Gasteiger partial charge in [-0.1, -0.05) is 0 Å². The summed E-state index contributed by atoms with van der Waals surface area (Å²) in [7, 11) is -2.79. The van der Waals surface area contributed by atoms with Gasteiger partial charge in [0.1, 0.15) is 28.8 Å². The molecule has 0 N–H and O–H groups in total. The zero-order valence-corrected chi connectivity index (χ0v) is 12.7. The van der Waals surface area contributed by atoms with Crippen molar-refractivity contribution in [2.24, 2.45) is 0 Å². The Balaban J connectivity index is 2.70. The zero-order chi connectivity index (χ0) is 17.4. The molecule has 0 radical (unpaired) electrons. The highest BCUT2D eigenvalue weighted by molar-refractivity contribution is 7.90. The Hall–Kier alpha value is -2.42. The van der Waals surface area contributed by atoms with E-state index in [9.17, 15) is 26.4 Å². The van der Waals surface area contributed by atoms with Gasteiger partial charge in [-0.15, -0.1) is 0 Å². The summed E-state index contributed by atoms with van der Waals surface area (Å²) in [6.45, 7) is 0. The minimum atomic E-state index is -3.85. The molecule has 23 heavy (non-hydrogen) atoms. The van der Waals surface area contributed by atoms with Crippen LogP contribution >= 0.6 is 0 Å². The highest BCUT2D eigenvalue weighted by atomic mass is 32.2. The van der Waals surface area contributed by atoms with Crippen molar-refractivity contribution < 1.29 is 31.1 Å². The summed E-state index contributed by atoms with van der Waals surface area (Å²) in [5, 5.41) is 0. The number of hydrogen-bond acceptors (Lipinski definition) is 5. The fourth-order valence-electron chi connectivity index (χ4n) is 1.83. The number of aromatic nitrogens is 1. The summed E-state index contributed by atoms with van der Waals surface area (Å²) in [5.41, 5.74) is -1.99. The van der Waals surface area contributed by atoms with Crippen molar-refractivity contribution in [1.82, 2.24) is 4.98 Å². The van der Waals surface area contributed by atoms with E-state index in [0.717, 1.165) is 25.5 Å². The van der Waals surface area contributed by atoms with Crippen molar-refractivity contribution in [3.63, 3.8) is 0 Å². The van der Waals surface area contributed by atoms with Crippen molar-refractivity contribution >= 4 is 15.8 Å². The molecular weight excluding hydrogens is 335 g/mol. The van der Waals surface area contributed by atoms with Gasteiger partial charge in [-0.25, -0.2) is 31.4 Å². The van der Waals surface area contributed by atoms with Crippen LogP contribution in [0, 0.1) is 17.5 Å². The van der Waals surface area contributed by atoms with Gasteiger partial charge in [-0.2, -0.15) is 0 Å². The number of esters is 1. The quantitative estimate of drug-likeness (QED) is 0.799. The molecule has 1 aromatic heterocycles. The van der Waals surface area contributed by atoms with E-state index in [1.165, 1.54) is 0 Å².